The molecule has 0 bridgehead atoms. The summed E-state index contributed by atoms with van der Waals surface area (Å²) in [6.07, 6.45) is 4.78. The van der Waals surface area contributed by atoms with E-state index in [1.807, 2.05) is 6.07 Å². The van der Waals surface area contributed by atoms with Crippen LogP contribution in [0.5, 0.6) is 0 Å². The molecule has 0 spiro atoms. The number of ether oxygens (including phenoxy) is 1. The molecule has 166 valence electrons. The molecule has 1 aliphatic heterocycles. The van der Waals surface area contributed by atoms with Crippen LogP contribution >= 0.6 is 0 Å². The smallest absolute Gasteiger partial charge is 0.223 e. The molecule has 1 aliphatic carbocycles. The Morgan fingerprint density at radius 3 is 2.61 bits per heavy atom. The van der Waals surface area contributed by atoms with Crippen molar-refractivity contribution < 1.29 is 13.9 Å². The van der Waals surface area contributed by atoms with Gasteiger partial charge in [0.05, 0.1) is 0 Å². The van der Waals surface area contributed by atoms with Crippen LogP contribution in [-0.4, -0.2) is 43.2 Å². The molecule has 4 nitrogen and oxygen atoms in total. The van der Waals surface area contributed by atoms with Crippen LogP contribution in [-0.2, 0) is 16.1 Å². The van der Waals surface area contributed by atoms with Crippen LogP contribution in [0.3, 0.4) is 0 Å². The maximum Gasteiger partial charge on any atom is 0.223 e. The van der Waals surface area contributed by atoms with Crippen molar-refractivity contribution in [3.8, 4) is 0 Å². The van der Waals surface area contributed by atoms with E-state index in [4.69, 9.17) is 4.74 Å². The second-order valence-electron chi connectivity index (χ2n) is 8.85. The standard InChI is InChI=1S/C26H33FN2O2/c1-31-16-6-15-28-23-9-5-10-24-26(23)22(20-7-3-2-4-8-20)17-25(30)29(24)18-19-11-13-21(27)14-12-19/h2-4,7-8,11-14,22-24,26,28H,5-6,9-10,15-18H2,1H3/t22-,23+,24-,26+/m1/s1. The first-order valence-electron chi connectivity index (χ1n) is 11.5. The zero-order valence-corrected chi connectivity index (χ0v) is 18.3. The second-order valence-corrected chi connectivity index (χ2v) is 8.85. The fourth-order valence-corrected chi connectivity index (χ4v) is 5.51. The molecule has 31 heavy (non-hydrogen) atoms. The summed E-state index contributed by atoms with van der Waals surface area (Å²) in [6.45, 7) is 2.23. The Morgan fingerprint density at radius 1 is 1.10 bits per heavy atom. The number of carbonyl (C=O) groups excluding carboxylic acids is 1. The van der Waals surface area contributed by atoms with Crippen molar-refractivity contribution in [2.45, 2.75) is 56.7 Å². The monoisotopic (exact) mass is 424 g/mol. The molecule has 4 rings (SSSR count). The summed E-state index contributed by atoms with van der Waals surface area (Å²) in [4.78, 5) is 15.4. The van der Waals surface area contributed by atoms with E-state index in [0.717, 1.165) is 44.4 Å². The van der Waals surface area contributed by atoms with Gasteiger partial charge >= 0.3 is 0 Å². The van der Waals surface area contributed by atoms with Crippen molar-refractivity contribution in [2.75, 3.05) is 20.3 Å². The van der Waals surface area contributed by atoms with E-state index in [9.17, 15) is 9.18 Å². The van der Waals surface area contributed by atoms with Crippen LogP contribution < -0.4 is 5.32 Å². The molecule has 2 fully saturated rings. The van der Waals surface area contributed by atoms with Crippen molar-refractivity contribution in [2.24, 2.45) is 5.92 Å². The number of nitrogens with zero attached hydrogens (tertiary/aromatic N) is 1. The quantitative estimate of drug-likeness (QED) is 0.634. The molecule has 1 amide bonds. The number of carbonyl (C=O) groups is 1. The molecule has 1 N–H and O–H groups in total. The molecule has 0 aromatic heterocycles. The largest absolute Gasteiger partial charge is 0.385 e. The van der Waals surface area contributed by atoms with Gasteiger partial charge in [-0.15, -0.1) is 0 Å². The van der Waals surface area contributed by atoms with Gasteiger partial charge < -0.3 is 15.0 Å². The second kappa shape index (κ2) is 10.4. The third kappa shape index (κ3) is 5.16. The number of rotatable bonds is 8. The average Bonchev–Trinajstić information content (AvgIpc) is 2.80. The number of likely N-dealkylation sites (tertiary alicyclic amines) is 1. The van der Waals surface area contributed by atoms with Gasteiger partial charge in [-0.25, -0.2) is 4.39 Å². The number of hydrogen-bond donors (Lipinski definition) is 1. The van der Waals surface area contributed by atoms with E-state index in [1.165, 1.54) is 17.7 Å². The third-order valence-electron chi connectivity index (χ3n) is 6.93. The fourth-order valence-electron chi connectivity index (χ4n) is 5.51. The summed E-state index contributed by atoms with van der Waals surface area (Å²) in [5.74, 6) is 0.563. The van der Waals surface area contributed by atoms with Gasteiger partial charge in [-0.3, -0.25) is 4.79 Å². The minimum atomic E-state index is -0.242. The molecule has 1 saturated carbocycles. The van der Waals surface area contributed by atoms with E-state index in [-0.39, 0.29) is 23.7 Å². The Balaban J connectivity index is 1.59. The molecular formula is C26H33FN2O2. The number of amides is 1. The zero-order chi connectivity index (χ0) is 21.6. The lowest BCUT2D eigenvalue weighted by Gasteiger charge is -2.51. The van der Waals surface area contributed by atoms with Gasteiger partial charge in [0.25, 0.3) is 0 Å². The first kappa shape index (κ1) is 22.0. The molecule has 2 aliphatic rings. The van der Waals surface area contributed by atoms with E-state index in [1.54, 1.807) is 19.2 Å². The Hall–Kier alpha value is -2.24. The van der Waals surface area contributed by atoms with Gasteiger partial charge in [-0.2, -0.15) is 0 Å². The molecule has 1 saturated heterocycles. The summed E-state index contributed by atoms with van der Waals surface area (Å²) in [6, 6.07) is 17.6. The van der Waals surface area contributed by atoms with Gasteiger partial charge in [-0.05, 0) is 61.4 Å². The minimum absolute atomic E-state index is 0.199. The maximum absolute atomic E-state index is 13.4. The molecule has 0 unspecified atom stereocenters. The summed E-state index contributed by atoms with van der Waals surface area (Å²) >= 11 is 0. The van der Waals surface area contributed by atoms with Gasteiger partial charge in [0.1, 0.15) is 5.82 Å². The lowest BCUT2D eigenvalue weighted by molar-refractivity contribution is -0.143. The molecular weight excluding hydrogens is 391 g/mol. The van der Waals surface area contributed by atoms with Gasteiger partial charge in [0, 0.05) is 44.7 Å². The molecule has 1 heterocycles. The highest BCUT2D eigenvalue weighted by Crippen LogP contribution is 2.45. The predicted molar refractivity (Wildman–Crippen MR) is 120 cm³/mol. The predicted octanol–water partition coefficient (Wildman–Crippen LogP) is 4.51. The molecule has 5 heteroatoms. The minimum Gasteiger partial charge on any atom is -0.385 e. The van der Waals surface area contributed by atoms with E-state index in [2.05, 4.69) is 34.5 Å². The topological polar surface area (TPSA) is 41.6 Å². The number of nitrogens with one attached hydrogen (secondary N) is 1. The van der Waals surface area contributed by atoms with Crippen molar-refractivity contribution in [1.82, 2.24) is 10.2 Å². The van der Waals surface area contributed by atoms with Crippen molar-refractivity contribution >= 4 is 5.91 Å². The van der Waals surface area contributed by atoms with E-state index < -0.39 is 0 Å². The lowest BCUT2D eigenvalue weighted by Crippen LogP contribution is -2.59. The van der Waals surface area contributed by atoms with Gasteiger partial charge in [0.2, 0.25) is 5.91 Å². The number of benzene rings is 2. The molecule has 4 atom stereocenters. The highest BCUT2D eigenvalue weighted by atomic mass is 19.1. The zero-order valence-electron chi connectivity index (χ0n) is 18.3. The lowest BCUT2D eigenvalue weighted by atomic mass is 9.66. The fraction of sp³-hybridized carbons (Fsp3) is 0.500. The SMILES string of the molecule is COCCCN[C@H]1CCC[C@@H]2[C@H]1[C@@H](c1ccccc1)CC(=O)N2Cc1ccc(F)cc1. The first-order chi connectivity index (χ1) is 15.2. The average molecular weight is 425 g/mol. The maximum atomic E-state index is 13.4. The number of halogens is 1. The van der Waals surface area contributed by atoms with Crippen LogP contribution in [0.4, 0.5) is 4.39 Å². The van der Waals surface area contributed by atoms with Crippen LogP contribution in [0.1, 0.15) is 49.1 Å². The van der Waals surface area contributed by atoms with Gasteiger partial charge in [-0.1, -0.05) is 42.5 Å². The number of methoxy groups -OCH3 is 1. The molecule has 2 aromatic rings. The highest BCUT2D eigenvalue weighted by Gasteiger charge is 2.47. The molecule has 2 aromatic carbocycles. The van der Waals surface area contributed by atoms with E-state index >= 15 is 0 Å². The Bertz CT molecular complexity index is 842. The summed E-state index contributed by atoms with van der Waals surface area (Å²) < 4.78 is 18.6. The number of fused-ring (bicyclic) bond motifs is 1. The number of piperidine rings is 1. The van der Waals surface area contributed by atoms with Crippen molar-refractivity contribution in [3.63, 3.8) is 0 Å². The third-order valence-corrected chi connectivity index (χ3v) is 6.93. The van der Waals surface area contributed by atoms with Gasteiger partial charge in [0.15, 0.2) is 0 Å². The Labute approximate surface area is 184 Å². The van der Waals surface area contributed by atoms with Crippen LogP contribution in [0.2, 0.25) is 0 Å². The van der Waals surface area contributed by atoms with Crippen LogP contribution in [0.25, 0.3) is 0 Å². The summed E-state index contributed by atoms with van der Waals surface area (Å²) in [7, 11) is 1.74. The summed E-state index contributed by atoms with van der Waals surface area (Å²) in [5.41, 5.74) is 2.25. The highest BCUT2D eigenvalue weighted by molar-refractivity contribution is 5.79. The van der Waals surface area contributed by atoms with Crippen molar-refractivity contribution in [1.29, 1.82) is 0 Å². The van der Waals surface area contributed by atoms with E-state index in [0.29, 0.717) is 24.9 Å². The summed E-state index contributed by atoms with van der Waals surface area (Å²) in [5, 5.41) is 3.79. The van der Waals surface area contributed by atoms with Crippen LogP contribution in [0, 0.1) is 11.7 Å². The Kier molecular flexibility index (Phi) is 7.36. The molecule has 0 radical (unpaired) electrons. The van der Waals surface area contributed by atoms with Crippen molar-refractivity contribution in [3.05, 3.63) is 71.5 Å². The first-order valence-corrected chi connectivity index (χ1v) is 11.5. The number of hydrogen-bond acceptors (Lipinski definition) is 3. The Morgan fingerprint density at radius 2 is 1.87 bits per heavy atom. The normalized spacial score (nSPS) is 26.0. The van der Waals surface area contributed by atoms with Crippen LogP contribution in [0.15, 0.2) is 54.6 Å².